The molecule has 1 rings (SSSR count). The molecule has 0 unspecified atom stereocenters. The van der Waals surface area contributed by atoms with E-state index < -0.39 is 4.92 Å². The zero-order chi connectivity index (χ0) is 13.4. The Bertz CT molecular complexity index is 376. The molecule has 102 valence electrons. The van der Waals surface area contributed by atoms with Gasteiger partial charge < -0.3 is 15.4 Å². The van der Waals surface area contributed by atoms with Crippen molar-refractivity contribution >= 4 is 11.6 Å². The molecule has 1 heterocycles. The fourth-order valence-corrected chi connectivity index (χ4v) is 1.87. The number of nitro groups is 1. The highest BCUT2D eigenvalue weighted by atomic mass is 16.6. The minimum Gasteiger partial charge on any atom is -0.364 e. The number of nitrogens with one attached hydrogen (secondary N) is 1. The third-order valence-corrected chi connectivity index (χ3v) is 2.91. The Balaban J connectivity index is 2.27. The monoisotopic (exact) mass is 254 g/mol. The Hall–Kier alpha value is -1.59. The number of imidazole rings is 1. The molecule has 1 aromatic rings. The van der Waals surface area contributed by atoms with Crippen molar-refractivity contribution in [1.29, 1.82) is 0 Å². The van der Waals surface area contributed by atoms with E-state index in [1.165, 1.54) is 38.4 Å². The molecule has 0 bridgehead atoms. The van der Waals surface area contributed by atoms with Crippen LogP contribution in [0.3, 0.4) is 0 Å². The lowest BCUT2D eigenvalue weighted by molar-refractivity contribution is -0.388. The van der Waals surface area contributed by atoms with Crippen LogP contribution in [0.25, 0.3) is 0 Å². The van der Waals surface area contributed by atoms with Gasteiger partial charge in [-0.3, -0.25) is 4.57 Å². The van der Waals surface area contributed by atoms with Gasteiger partial charge in [-0.05, 0) is 16.3 Å². The zero-order valence-electron chi connectivity index (χ0n) is 11.2. The largest absolute Gasteiger partial charge is 0.406 e. The second-order valence-electron chi connectivity index (χ2n) is 4.48. The van der Waals surface area contributed by atoms with E-state index in [0.717, 1.165) is 13.0 Å². The van der Waals surface area contributed by atoms with E-state index in [0.29, 0.717) is 5.82 Å². The number of aromatic nitrogens is 2. The number of rotatable bonds is 9. The van der Waals surface area contributed by atoms with Crippen LogP contribution in [0, 0.1) is 10.1 Å². The molecule has 0 aliphatic rings. The molecular formula is C12H22N4O2. The quantitative estimate of drug-likeness (QED) is 0.417. The van der Waals surface area contributed by atoms with E-state index in [1.807, 2.05) is 0 Å². The summed E-state index contributed by atoms with van der Waals surface area (Å²) in [6, 6.07) is 0. The van der Waals surface area contributed by atoms with Crippen LogP contribution in [0.1, 0.15) is 45.4 Å². The molecule has 18 heavy (non-hydrogen) atoms. The molecule has 1 N–H and O–H groups in total. The summed E-state index contributed by atoms with van der Waals surface area (Å²) in [6.07, 6.45) is 8.72. The number of hydrogen-bond donors (Lipinski definition) is 1. The maximum atomic E-state index is 10.7. The Morgan fingerprint density at radius 1 is 1.33 bits per heavy atom. The molecule has 6 nitrogen and oxygen atoms in total. The van der Waals surface area contributed by atoms with Crippen LogP contribution in [0.15, 0.2) is 6.33 Å². The average Bonchev–Trinajstić information content (AvgIpc) is 2.70. The third kappa shape index (κ3) is 4.35. The first-order valence-corrected chi connectivity index (χ1v) is 6.56. The lowest BCUT2D eigenvalue weighted by atomic mass is 10.1. The highest BCUT2D eigenvalue weighted by Crippen LogP contribution is 2.20. The molecule has 0 aliphatic heterocycles. The standard InChI is InChI=1S/C12H22N4O2/c1-3-4-5-6-7-8-9-13-11-12(16(17)18)14-10-15(11)2/h10,13H,3-9H2,1-2H3. The minimum absolute atomic E-state index is 0.0940. The van der Waals surface area contributed by atoms with Crippen LogP contribution in [-0.4, -0.2) is 21.0 Å². The fourth-order valence-electron chi connectivity index (χ4n) is 1.87. The number of hydrogen-bond acceptors (Lipinski definition) is 4. The van der Waals surface area contributed by atoms with Crippen molar-refractivity contribution in [2.24, 2.45) is 7.05 Å². The van der Waals surface area contributed by atoms with Crippen molar-refractivity contribution in [2.45, 2.75) is 45.4 Å². The van der Waals surface area contributed by atoms with E-state index in [4.69, 9.17) is 0 Å². The van der Waals surface area contributed by atoms with E-state index >= 15 is 0 Å². The van der Waals surface area contributed by atoms with E-state index in [2.05, 4.69) is 17.2 Å². The molecule has 0 fully saturated rings. The number of unbranched alkanes of at least 4 members (excludes halogenated alkanes) is 5. The normalized spacial score (nSPS) is 10.6. The van der Waals surface area contributed by atoms with Gasteiger partial charge in [0.1, 0.15) is 0 Å². The Kier molecular flexibility index (Phi) is 6.18. The van der Waals surface area contributed by atoms with E-state index in [9.17, 15) is 10.1 Å². The van der Waals surface area contributed by atoms with Gasteiger partial charge in [0, 0.05) is 13.6 Å². The average molecular weight is 254 g/mol. The predicted octanol–water partition coefficient (Wildman–Crippen LogP) is 3.10. The molecule has 0 amide bonds. The molecule has 0 aliphatic carbocycles. The molecule has 1 aromatic heterocycles. The third-order valence-electron chi connectivity index (χ3n) is 2.91. The van der Waals surface area contributed by atoms with Crippen LogP contribution >= 0.6 is 0 Å². The van der Waals surface area contributed by atoms with Crippen molar-refractivity contribution in [3.05, 3.63) is 16.4 Å². The van der Waals surface area contributed by atoms with Gasteiger partial charge >= 0.3 is 5.82 Å². The van der Waals surface area contributed by atoms with E-state index in [1.54, 1.807) is 11.6 Å². The first-order chi connectivity index (χ1) is 8.66. The van der Waals surface area contributed by atoms with Crippen LogP contribution in [0.4, 0.5) is 11.6 Å². The molecule has 0 radical (unpaired) electrons. The molecule has 6 heteroatoms. The van der Waals surface area contributed by atoms with Crippen molar-refractivity contribution in [3.8, 4) is 0 Å². The Morgan fingerprint density at radius 2 is 2.00 bits per heavy atom. The number of nitrogens with zero attached hydrogens (tertiary/aromatic N) is 3. The van der Waals surface area contributed by atoms with Crippen molar-refractivity contribution in [2.75, 3.05) is 11.9 Å². The van der Waals surface area contributed by atoms with Gasteiger partial charge in [-0.2, -0.15) is 0 Å². The molecule has 0 atom stereocenters. The van der Waals surface area contributed by atoms with Crippen molar-refractivity contribution in [3.63, 3.8) is 0 Å². The van der Waals surface area contributed by atoms with Gasteiger partial charge in [0.15, 0.2) is 0 Å². The van der Waals surface area contributed by atoms with Gasteiger partial charge in [0.05, 0.1) is 0 Å². The summed E-state index contributed by atoms with van der Waals surface area (Å²) in [7, 11) is 1.75. The summed E-state index contributed by atoms with van der Waals surface area (Å²) in [5.74, 6) is 0.400. The molecule has 0 saturated heterocycles. The maximum absolute atomic E-state index is 10.7. The fraction of sp³-hybridized carbons (Fsp3) is 0.750. The van der Waals surface area contributed by atoms with Crippen LogP contribution in [0.2, 0.25) is 0 Å². The Morgan fingerprint density at radius 3 is 2.67 bits per heavy atom. The maximum Gasteiger partial charge on any atom is 0.406 e. The number of anilines is 1. The molecule has 0 spiro atoms. The first-order valence-electron chi connectivity index (χ1n) is 6.56. The summed E-state index contributed by atoms with van der Waals surface area (Å²) in [4.78, 5) is 14.0. The summed E-state index contributed by atoms with van der Waals surface area (Å²) >= 11 is 0. The Labute approximate surface area is 108 Å². The van der Waals surface area contributed by atoms with Crippen LogP contribution < -0.4 is 5.32 Å². The minimum atomic E-state index is -0.455. The summed E-state index contributed by atoms with van der Waals surface area (Å²) < 4.78 is 1.65. The van der Waals surface area contributed by atoms with Crippen molar-refractivity contribution < 1.29 is 4.92 Å². The van der Waals surface area contributed by atoms with Gasteiger partial charge in [-0.1, -0.05) is 39.0 Å². The highest BCUT2D eigenvalue weighted by Gasteiger charge is 2.18. The first kappa shape index (κ1) is 14.5. The van der Waals surface area contributed by atoms with Gasteiger partial charge in [0.25, 0.3) is 0 Å². The molecular weight excluding hydrogens is 232 g/mol. The summed E-state index contributed by atoms with van der Waals surface area (Å²) in [5, 5.41) is 13.8. The van der Waals surface area contributed by atoms with Crippen LogP contribution in [-0.2, 0) is 7.05 Å². The second-order valence-corrected chi connectivity index (χ2v) is 4.48. The van der Waals surface area contributed by atoms with Crippen LogP contribution in [0.5, 0.6) is 0 Å². The lowest BCUT2D eigenvalue weighted by Crippen LogP contribution is -2.07. The second kappa shape index (κ2) is 7.68. The van der Waals surface area contributed by atoms with Crippen molar-refractivity contribution in [1.82, 2.24) is 9.55 Å². The zero-order valence-corrected chi connectivity index (χ0v) is 11.2. The van der Waals surface area contributed by atoms with Gasteiger partial charge in [-0.15, -0.1) is 0 Å². The van der Waals surface area contributed by atoms with Gasteiger partial charge in [-0.25, -0.2) is 0 Å². The van der Waals surface area contributed by atoms with E-state index in [-0.39, 0.29) is 5.82 Å². The predicted molar refractivity (Wildman–Crippen MR) is 71.7 cm³/mol. The van der Waals surface area contributed by atoms with Gasteiger partial charge in [0.2, 0.25) is 12.1 Å². The summed E-state index contributed by atoms with van der Waals surface area (Å²) in [6.45, 7) is 2.95. The SMILES string of the molecule is CCCCCCCCNc1c([N+](=O)[O-])ncn1C. The highest BCUT2D eigenvalue weighted by molar-refractivity contribution is 5.51. The number of aryl methyl sites for hydroxylation is 1. The topological polar surface area (TPSA) is 73.0 Å². The molecule has 0 saturated carbocycles. The smallest absolute Gasteiger partial charge is 0.364 e. The summed E-state index contributed by atoms with van der Waals surface area (Å²) in [5.41, 5.74) is 0. The molecule has 0 aromatic carbocycles. The lowest BCUT2D eigenvalue weighted by Gasteiger charge is -2.06.